The molecule has 0 aliphatic rings. The van der Waals surface area contributed by atoms with Crippen LogP contribution in [0.5, 0.6) is 0 Å². The molecule has 28 heavy (non-hydrogen) atoms. The number of para-hydroxylation sites is 1. The van der Waals surface area contributed by atoms with Gasteiger partial charge in [-0.2, -0.15) is 0 Å². The Bertz CT molecular complexity index is 983. The van der Waals surface area contributed by atoms with E-state index in [4.69, 9.17) is 4.74 Å². The Morgan fingerprint density at radius 3 is 2.54 bits per heavy atom. The summed E-state index contributed by atoms with van der Waals surface area (Å²) in [5.41, 5.74) is 2.54. The third kappa shape index (κ3) is 5.27. The third-order valence-corrected chi connectivity index (χ3v) is 4.30. The molecule has 1 aromatic heterocycles. The van der Waals surface area contributed by atoms with Gasteiger partial charge in [0.2, 0.25) is 0 Å². The monoisotopic (exact) mass is 374 g/mol. The van der Waals surface area contributed by atoms with E-state index in [0.717, 1.165) is 16.5 Å². The zero-order valence-corrected chi connectivity index (χ0v) is 15.7. The minimum absolute atomic E-state index is 0.225. The van der Waals surface area contributed by atoms with Gasteiger partial charge in [0.05, 0.1) is 11.2 Å². The van der Waals surface area contributed by atoms with Gasteiger partial charge in [0.1, 0.15) is 0 Å². The van der Waals surface area contributed by atoms with Gasteiger partial charge in [0, 0.05) is 24.6 Å². The highest BCUT2D eigenvalue weighted by Gasteiger charge is 2.13. The van der Waals surface area contributed by atoms with Crippen LogP contribution >= 0.6 is 0 Å². The first-order valence-corrected chi connectivity index (χ1v) is 9.18. The molecular weight excluding hydrogens is 352 g/mol. The molecule has 0 radical (unpaired) electrons. The van der Waals surface area contributed by atoms with E-state index in [1.807, 2.05) is 73.7 Å². The fourth-order valence-corrected chi connectivity index (χ4v) is 2.78. The summed E-state index contributed by atoms with van der Waals surface area (Å²) in [5, 5.41) is 1.03. The highest BCUT2D eigenvalue weighted by molar-refractivity contribution is 5.89. The number of rotatable bonds is 7. The van der Waals surface area contributed by atoms with Crippen molar-refractivity contribution in [3.05, 3.63) is 84.1 Å². The van der Waals surface area contributed by atoms with Crippen LogP contribution in [0.15, 0.2) is 72.8 Å². The van der Waals surface area contributed by atoms with Crippen LogP contribution in [0.25, 0.3) is 17.0 Å². The number of esters is 1. The molecular formula is C23H22N2O3. The predicted octanol–water partition coefficient (Wildman–Crippen LogP) is 3.84. The highest BCUT2D eigenvalue weighted by atomic mass is 16.5. The van der Waals surface area contributed by atoms with E-state index >= 15 is 0 Å². The van der Waals surface area contributed by atoms with E-state index in [9.17, 15) is 9.59 Å². The van der Waals surface area contributed by atoms with Gasteiger partial charge < -0.3 is 9.64 Å². The average Bonchev–Trinajstić information content (AvgIpc) is 2.75. The van der Waals surface area contributed by atoms with Crippen LogP contribution < -0.4 is 0 Å². The second-order valence-corrected chi connectivity index (χ2v) is 6.26. The number of hydrogen-bond acceptors (Lipinski definition) is 4. The molecule has 3 rings (SSSR count). The molecule has 142 valence electrons. The second kappa shape index (κ2) is 9.46. The molecule has 0 aliphatic carbocycles. The van der Waals surface area contributed by atoms with Crippen molar-refractivity contribution in [3.8, 4) is 0 Å². The Kier molecular flexibility index (Phi) is 6.52. The molecule has 2 aromatic carbocycles. The first-order valence-electron chi connectivity index (χ1n) is 9.18. The fraction of sp³-hybridized carbons (Fsp3) is 0.174. The van der Waals surface area contributed by atoms with E-state index < -0.39 is 5.97 Å². The molecule has 5 heteroatoms. The minimum Gasteiger partial charge on any atom is -0.452 e. The van der Waals surface area contributed by atoms with Crippen LogP contribution in [0.4, 0.5) is 0 Å². The number of nitrogens with zero attached hydrogens (tertiary/aromatic N) is 2. The Morgan fingerprint density at radius 2 is 1.75 bits per heavy atom. The largest absolute Gasteiger partial charge is 0.452 e. The molecule has 0 atom stereocenters. The van der Waals surface area contributed by atoms with E-state index in [-0.39, 0.29) is 12.5 Å². The summed E-state index contributed by atoms with van der Waals surface area (Å²) in [4.78, 5) is 30.4. The zero-order chi connectivity index (χ0) is 19.8. The number of amides is 1. The molecule has 1 heterocycles. The number of pyridine rings is 1. The minimum atomic E-state index is -0.570. The van der Waals surface area contributed by atoms with E-state index in [1.165, 1.54) is 6.08 Å². The predicted molar refractivity (Wildman–Crippen MR) is 109 cm³/mol. The molecule has 3 aromatic rings. The Balaban J connectivity index is 1.53. The van der Waals surface area contributed by atoms with Crippen molar-refractivity contribution in [2.75, 3.05) is 13.2 Å². The van der Waals surface area contributed by atoms with Crippen molar-refractivity contribution in [1.82, 2.24) is 9.88 Å². The summed E-state index contributed by atoms with van der Waals surface area (Å²) in [6.45, 7) is 2.65. The maximum absolute atomic E-state index is 12.3. The molecule has 1 amide bonds. The van der Waals surface area contributed by atoms with Gasteiger partial charge in [-0.05, 0) is 30.7 Å². The quantitative estimate of drug-likeness (QED) is 0.466. The maximum Gasteiger partial charge on any atom is 0.331 e. The van der Waals surface area contributed by atoms with Gasteiger partial charge in [0.15, 0.2) is 6.61 Å². The van der Waals surface area contributed by atoms with Crippen LogP contribution in [-0.2, 0) is 20.9 Å². The Hall–Kier alpha value is -3.47. The van der Waals surface area contributed by atoms with Gasteiger partial charge in [-0.15, -0.1) is 0 Å². The SMILES string of the molecule is CCN(Cc1ccccc1)C(=O)COC(=O)/C=C/c1ccc2ccccc2n1. The smallest absolute Gasteiger partial charge is 0.331 e. The van der Waals surface area contributed by atoms with Crippen molar-refractivity contribution >= 4 is 28.9 Å². The first-order chi connectivity index (χ1) is 13.7. The Morgan fingerprint density at radius 1 is 1.00 bits per heavy atom. The lowest BCUT2D eigenvalue weighted by Crippen LogP contribution is -2.33. The topological polar surface area (TPSA) is 59.5 Å². The number of hydrogen-bond donors (Lipinski definition) is 0. The van der Waals surface area contributed by atoms with Crippen LogP contribution in [0.1, 0.15) is 18.2 Å². The lowest BCUT2D eigenvalue weighted by molar-refractivity contribution is -0.148. The van der Waals surface area contributed by atoms with Crippen molar-refractivity contribution in [1.29, 1.82) is 0 Å². The van der Waals surface area contributed by atoms with Crippen LogP contribution in [-0.4, -0.2) is 34.9 Å². The number of carbonyl (C=O) groups excluding carboxylic acids is 2. The lowest BCUT2D eigenvalue weighted by atomic mass is 10.2. The summed E-state index contributed by atoms with van der Waals surface area (Å²) >= 11 is 0. The van der Waals surface area contributed by atoms with Crippen molar-refractivity contribution in [2.24, 2.45) is 0 Å². The molecule has 0 fully saturated rings. The molecule has 0 N–H and O–H groups in total. The standard InChI is InChI=1S/C23H22N2O3/c1-2-25(16-18-8-4-3-5-9-18)22(26)17-28-23(27)15-14-20-13-12-19-10-6-7-11-21(19)24-20/h3-15H,2,16-17H2,1H3/b15-14+. The molecule has 0 saturated carbocycles. The molecule has 0 aliphatic heterocycles. The van der Waals surface area contributed by atoms with Crippen LogP contribution in [0.3, 0.4) is 0 Å². The number of benzene rings is 2. The molecule has 0 spiro atoms. The first kappa shape index (κ1) is 19.3. The van der Waals surface area contributed by atoms with E-state index in [2.05, 4.69) is 4.98 Å². The summed E-state index contributed by atoms with van der Waals surface area (Å²) in [6, 6.07) is 21.2. The molecule has 0 unspecified atom stereocenters. The fourth-order valence-electron chi connectivity index (χ4n) is 2.78. The van der Waals surface area contributed by atoms with E-state index in [0.29, 0.717) is 18.8 Å². The van der Waals surface area contributed by atoms with Crippen LogP contribution in [0, 0.1) is 0 Å². The van der Waals surface area contributed by atoms with Crippen molar-refractivity contribution < 1.29 is 14.3 Å². The van der Waals surface area contributed by atoms with Crippen molar-refractivity contribution in [3.63, 3.8) is 0 Å². The van der Waals surface area contributed by atoms with Crippen LogP contribution in [0.2, 0.25) is 0 Å². The van der Waals surface area contributed by atoms with Gasteiger partial charge >= 0.3 is 5.97 Å². The lowest BCUT2D eigenvalue weighted by Gasteiger charge is -2.20. The number of aromatic nitrogens is 1. The number of likely N-dealkylation sites (N-methyl/N-ethyl adjacent to an activating group) is 1. The highest BCUT2D eigenvalue weighted by Crippen LogP contribution is 2.12. The van der Waals surface area contributed by atoms with Gasteiger partial charge in [-0.1, -0.05) is 54.6 Å². The normalized spacial score (nSPS) is 10.9. The molecule has 5 nitrogen and oxygen atoms in total. The third-order valence-electron chi connectivity index (χ3n) is 4.30. The molecule has 0 bridgehead atoms. The summed E-state index contributed by atoms with van der Waals surface area (Å²) < 4.78 is 5.09. The number of fused-ring (bicyclic) bond motifs is 1. The summed E-state index contributed by atoms with van der Waals surface area (Å²) in [6.07, 6.45) is 2.87. The van der Waals surface area contributed by atoms with Gasteiger partial charge in [0.25, 0.3) is 5.91 Å². The van der Waals surface area contributed by atoms with Gasteiger partial charge in [-0.25, -0.2) is 9.78 Å². The average molecular weight is 374 g/mol. The second-order valence-electron chi connectivity index (χ2n) is 6.26. The zero-order valence-electron chi connectivity index (χ0n) is 15.7. The Labute approximate surface area is 164 Å². The number of carbonyl (C=O) groups is 2. The number of ether oxygens (including phenoxy) is 1. The maximum atomic E-state index is 12.3. The summed E-state index contributed by atoms with van der Waals surface area (Å²) in [7, 11) is 0. The molecule has 0 saturated heterocycles. The van der Waals surface area contributed by atoms with Crippen molar-refractivity contribution in [2.45, 2.75) is 13.5 Å². The van der Waals surface area contributed by atoms with Gasteiger partial charge in [-0.3, -0.25) is 4.79 Å². The van der Waals surface area contributed by atoms with E-state index in [1.54, 1.807) is 11.0 Å². The summed E-state index contributed by atoms with van der Waals surface area (Å²) in [5.74, 6) is -0.795.